The molecule has 0 bridgehead atoms. The highest BCUT2D eigenvalue weighted by molar-refractivity contribution is 5.95. The summed E-state index contributed by atoms with van der Waals surface area (Å²) in [6.45, 7) is 1.30. The number of nitrogens with one attached hydrogen (secondary N) is 2. The molecule has 0 spiro atoms. The van der Waals surface area contributed by atoms with E-state index < -0.39 is 0 Å². The van der Waals surface area contributed by atoms with Gasteiger partial charge < -0.3 is 20.1 Å². The third kappa shape index (κ3) is 5.03. The van der Waals surface area contributed by atoms with Crippen LogP contribution in [0.2, 0.25) is 0 Å². The summed E-state index contributed by atoms with van der Waals surface area (Å²) in [7, 11) is 1.51. The molecule has 0 unspecified atom stereocenters. The number of rotatable bonds is 6. The van der Waals surface area contributed by atoms with Crippen LogP contribution < -0.4 is 20.1 Å². The second-order valence-corrected chi connectivity index (χ2v) is 4.75. The monoisotopic (exact) mass is 314 g/mol. The van der Waals surface area contributed by atoms with Gasteiger partial charge in [-0.3, -0.25) is 9.59 Å². The number of carbonyl (C=O) groups is 2. The molecule has 2 aromatic carbocycles. The van der Waals surface area contributed by atoms with Crippen molar-refractivity contribution in [3.05, 3.63) is 48.5 Å². The Hall–Kier alpha value is -3.02. The molecule has 0 aliphatic heterocycles. The first kappa shape index (κ1) is 16.4. The van der Waals surface area contributed by atoms with Crippen molar-refractivity contribution in [3.8, 4) is 11.5 Å². The van der Waals surface area contributed by atoms with E-state index in [-0.39, 0.29) is 18.4 Å². The topological polar surface area (TPSA) is 76.7 Å². The smallest absolute Gasteiger partial charge is 0.262 e. The van der Waals surface area contributed by atoms with Gasteiger partial charge in [0.2, 0.25) is 5.91 Å². The minimum absolute atomic E-state index is 0.106. The van der Waals surface area contributed by atoms with Gasteiger partial charge in [-0.15, -0.1) is 0 Å². The number of para-hydroxylation sites is 1. The lowest BCUT2D eigenvalue weighted by Gasteiger charge is -2.12. The molecule has 0 aliphatic carbocycles. The lowest BCUT2D eigenvalue weighted by molar-refractivity contribution is -0.118. The third-order valence-corrected chi connectivity index (χ3v) is 2.91. The van der Waals surface area contributed by atoms with Crippen molar-refractivity contribution in [2.75, 3.05) is 24.4 Å². The average molecular weight is 314 g/mol. The normalized spacial score (nSPS) is 9.83. The highest BCUT2D eigenvalue weighted by atomic mass is 16.5. The lowest BCUT2D eigenvalue weighted by Crippen LogP contribution is -2.20. The van der Waals surface area contributed by atoms with Crippen molar-refractivity contribution in [3.63, 3.8) is 0 Å². The van der Waals surface area contributed by atoms with Crippen molar-refractivity contribution >= 4 is 23.2 Å². The largest absolute Gasteiger partial charge is 0.495 e. The molecular formula is C17H18N2O4. The summed E-state index contributed by atoms with van der Waals surface area (Å²) < 4.78 is 10.5. The predicted molar refractivity (Wildman–Crippen MR) is 87.9 cm³/mol. The van der Waals surface area contributed by atoms with Gasteiger partial charge in [0.05, 0.1) is 12.8 Å². The fourth-order valence-corrected chi connectivity index (χ4v) is 1.94. The molecule has 2 rings (SSSR count). The van der Waals surface area contributed by atoms with E-state index in [0.29, 0.717) is 22.9 Å². The Morgan fingerprint density at radius 2 is 1.78 bits per heavy atom. The average Bonchev–Trinajstić information content (AvgIpc) is 2.54. The standard InChI is InChI=1S/C17H18N2O4/c1-12(20)18-15-10-13(8-9-16(15)22-2)19-17(21)11-23-14-6-4-3-5-7-14/h3-10H,11H2,1-2H3,(H,18,20)(H,19,21). The number of anilines is 2. The van der Waals surface area contributed by atoms with Crippen LogP contribution in [0.5, 0.6) is 11.5 Å². The molecule has 2 N–H and O–H groups in total. The van der Waals surface area contributed by atoms with Crippen LogP contribution in [-0.2, 0) is 9.59 Å². The zero-order valence-electron chi connectivity index (χ0n) is 13.0. The summed E-state index contributed by atoms with van der Waals surface area (Å²) >= 11 is 0. The van der Waals surface area contributed by atoms with Crippen LogP contribution in [0.4, 0.5) is 11.4 Å². The summed E-state index contributed by atoms with van der Waals surface area (Å²) in [5.74, 6) is 0.613. The maximum atomic E-state index is 11.9. The number of amides is 2. The predicted octanol–water partition coefficient (Wildman–Crippen LogP) is 2.67. The summed E-state index contributed by atoms with van der Waals surface area (Å²) in [4.78, 5) is 23.1. The van der Waals surface area contributed by atoms with Crippen molar-refractivity contribution in [1.82, 2.24) is 0 Å². The maximum Gasteiger partial charge on any atom is 0.262 e. The fraction of sp³-hybridized carbons (Fsp3) is 0.176. The number of hydrogen-bond acceptors (Lipinski definition) is 4. The minimum atomic E-state index is -0.298. The van der Waals surface area contributed by atoms with E-state index in [1.54, 1.807) is 30.3 Å². The highest BCUT2D eigenvalue weighted by Crippen LogP contribution is 2.27. The van der Waals surface area contributed by atoms with Crippen LogP contribution in [-0.4, -0.2) is 25.5 Å². The SMILES string of the molecule is COc1ccc(NC(=O)COc2ccccc2)cc1NC(C)=O. The molecule has 0 aromatic heterocycles. The van der Waals surface area contributed by atoms with Crippen molar-refractivity contribution in [2.24, 2.45) is 0 Å². The first-order chi connectivity index (χ1) is 11.1. The van der Waals surface area contributed by atoms with E-state index in [1.807, 2.05) is 18.2 Å². The zero-order valence-corrected chi connectivity index (χ0v) is 13.0. The van der Waals surface area contributed by atoms with Gasteiger partial charge in [-0.05, 0) is 30.3 Å². The van der Waals surface area contributed by atoms with Crippen LogP contribution in [0.25, 0.3) is 0 Å². The maximum absolute atomic E-state index is 11.9. The van der Waals surface area contributed by atoms with Crippen molar-refractivity contribution in [1.29, 1.82) is 0 Å². The number of hydrogen-bond donors (Lipinski definition) is 2. The third-order valence-electron chi connectivity index (χ3n) is 2.91. The molecule has 0 radical (unpaired) electrons. The van der Waals surface area contributed by atoms with Crippen LogP contribution in [0, 0.1) is 0 Å². The molecule has 6 nitrogen and oxygen atoms in total. The Bertz CT molecular complexity index is 686. The van der Waals surface area contributed by atoms with Gasteiger partial charge in [-0.1, -0.05) is 18.2 Å². The van der Waals surface area contributed by atoms with E-state index in [4.69, 9.17) is 9.47 Å². The number of ether oxygens (including phenoxy) is 2. The highest BCUT2D eigenvalue weighted by Gasteiger charge is 2.09. The van der Waals surface area contributed by atoms with Gasteiger partial charge in [0.1, 0.15) is 11.5 Å². The van der Waals surface area contributed by atoms with E-state index in [0.717, 1.165) is 0 Å². The van der Waals surface area contributed by atoms with E-state index >= 15 is 0 Å². The van der Waals surface area contributed by atoms with Crippen molar-refractivity contribution < 1.29 is 19.1 Å². The van der Waals surface area contributed by atoms with Crippen molar-refractivity contribution in [2.45, 2.75) is 6.92 Å². The molecule has 2 amide bonds. The molecule has 23 heavy (non-hydrogen) atoms. The Balaban J connectivity index is 1.98. The molecular weight excluding hydrogens is 296 g/mol. The quantitative estimate of drug-likeness (QED) is 0.859. The Kier molecular flexibility index (Phi) is 5.57. The molecule has 0 heterocycles. The summed E-state index contributed by atoms with van der Waals surface area (Å²) in [5, 5.41) is 5.36. The molecule has 2 aromatic rings. The summed E-state index contributed by atoms with van der Waals surface area (Å²) in [6, 6.07) is 14.1. The van der Waals surface area contributed by atoms with Crippen LogP contribution >= 0.6 is 0 Å². The van der Waals surface area contributed by atoms with E-state index in [9.17, 15) is 9.59 Å². The molecule has 0 aliphatic rings. The number of carbonyl (C=O) groups excluding carboxylic acids is 2. The Labute approximate surface area is 134 Å². The van der Waals surface area contributed by atoms with Gasteiger partial charge >= 0.3 is 0 Å². The molecule has 0 fully saturated rings. The summed E-state index contributed by atoms with van der Waals surface area (Å²) in [6.07, 6.45) is 0. The Morgan fingerprint density at radius 1 is 1.04 bits per heavy atom. The molecule has 0 saturated heterocycles. The van der Waals surface area contributed by atoms with Gasteiger partial charge in [0.25, 0.3) is 5.91 Å². The lowest BCUT2D eigenvalue weighted by atomic mass is 10.2. The van der Waals surface area contributed by atoms with Gasteiger partial charge in [0, 0.05) is 12.6 Å². The van der Waals surface area contributed by atoms with Gasteiger partial charge in [0.15, 0.2) is 6.61 Å². The Morgan fingerprint density at radius 3 is 2.43 bits per heavy atom. The molecule has 6 heteroatoms. The fourth-order valence-electron chi connectivity index (χ4n) is 1.94. The van der Waals surface area contributed by atoms with E-state index in [2.05, 4.69) is 10.6 Å². The summed E-state index contributed by atoms with van der Waals surface area (Å²) in [5.41, 5.74) is 1.03. The first-order valence-corrected chi connectivity index (χ1v) is 7.02. The van der Waals surface area contributed by atoms with Crippen LogP contribution in [0.3, 0.4) is 0 Å². The first-order valence-electron chi connectivity index (χ1n) is 7.02. The second kappa shape index (κ2) is 7.84. The van der Waals surface area contributed by atoms with E-state index in [1.165, 1.54) is 14.0 Å². The zero-order chi connectivity index (χ0) is 16.7. The van der Waals surface area contributed by atoms with Gasteiger partial charge in [-0.25, -0.2) is 0 Å². The van der Waals surface area contributed by atoms with Gasteiger partial charge in [-0.2, -0.15) is 0 Å². The second-order valence-electron chi connectivity index (χ2n) is 4.75. The molecule has 0 saturated carbocycles. The minimum Gasteiger partial charge on any atom is -0.495 e. The van der Waals surface area contributed by atoms with Crippen LogP contribution in [0.15, 0.2) is 48.5 Å². The molecule has 120 valence electrons. The number of benzene rings is 2. The van der Waals surface area contributed by atoms with Crippen LogP contribution in [0.1, 0.15) is 6.92 Å². The molecule has 0 atom stereocenters. The number of methoxy groups -OCH3 is 1.